The summed E-state index contributed by atoms with van der Waals surface area (Å²) < 4.78 is 24.5. The number of rotatable bonds is 6. The van der Waals surface area contributed by atoms with Gasteiger partial charge in [0.1, 0.15) is 5.75 Å². The Kier molecular flexibility index (Phi) is 6.07. The molecule has 138 valence electrons. The molecule has 1 unspecified atom stereocenters. The molecule has 26 heavy (non-hydrogen) atoms. The van der Waals surface area contributed by atoms with Gasteiger partial charge in [-0.2, -0.15) is 0 Å². The molecule has 0 aliphatic carbocycles. The quantitative estimate of drug-likeness (QED) is 0.863. The molecule has 1 fully saturated rings. The van der Waals surface area contributed by atoms with E-state index in [1.165, 1.54) is 6.07 Å². The van der Waals surface area contributed by atoms with E-state index in [0.717, 1.165) is 17.9 Å². The fourth-order valence-electron chi connectivity index (χ4n) is 3.18. The van der Waals surface area contributed by atoms with Crippen LogP contribution in [0.2, 0.25) is 0 Å². The van der Waals surface area contributed by atoms with Gasteiger partial charge in [0.2, 0.25) is 5.91 Å². The molecule has 2 aromatic carbocycles. The average molecular weight is 358 g/mol. The molecule has 1 aliphatic heterocycles. The Balaban J connectivity index is 1.65. The Morgan fingerprint density at radius 1 is 1.19 bits per heavy atom. The lowest BCUT2D eigenvalue weighted by Crippen LogP contribution is -2.49. The molecule has 1 aliphatic rings. The van der Waals surface area contributed by atoms with Gasteiger partial charge in [-0.1, -0.05) is 30.3 Å². The van der Waals surface area contributed by atoms with Crippen LogP contribution < -0.4 is 14.8 Å². The number of hydrogen-bond acceptors (Lipinski definition) is 4. The van der Waals surface area contributed by atoms with E-state index in [2.05, 4.69) is 5.32 Å². The minimum atomic E-state index is -0.422. The van der Waals surface area contributed by atoms with Crippen molar-refractivity contribution in [1.29, 1.82) is 0 Å². The average Bonchev–Trinajstić information content (AvgIpc) is 2.69. The monoisotopic (exact) mass is 358 g/mol. The first kappa shape index (κ1) is 18.2. The Bertz CT molecular complexity index is 753. The van der Waals surface area contributed by atoms with Crippen molar-refractivity contribution in [2.75, 3.05) is 33.4 Å². The molecule has 2 aromatic rings. The smallest absolute Gasteiger partial charge is 0.226 e. The SMILES string of the molecule is COc1ccccc1C1CNCCN1C(=O)CCOc1ccccc1F. The number of carbonyl (C=O) groups excluding carboxylic acids is 1. The van der Waals surface area contributed by atoms with Crippen LogP contribution in [0.4, 0.5) is 4.39 Å². The molecule has 1 amide bonds. The second kappa shape index (κ2) is 8.67. The third-order valence-corrected chi connectivity index (χ3v) is 4.47. The van der Waals surface area contributed by atoms with Crippen LogP contribution in [0.5, 0.6) is 11.5 Å². The summed E-state index contributed by atoms with van der Waals surface area (Å²) in [5, 5.41) is 3.33. The lowest BCUT2D eigenvalue weighted by Gasteiger charge is -2.37. The van der Waals surface area contributed by atoms with Crippen molar-refractivity contribution in [1.82, 2.24) is 10.2 Å². The summed E-state index contributed by atoms with van der Waals surface area (Å²) in [4.78, 5) is 14.6. The number of methoxy groups -OCH3 is 1. The third kappa shape index (κ3) is 4.14. The van der Waals surface area contributed by atoms with Crippen LogP contribution in [0.1, 0.15) is 18.0 Å². The van der Waals surface area contributed by atoms with Gasteiger partial charge in [-0.3, -0.25) is 4.79 Å². The molecule has 3 rings (SSSR count). The fraction of sp³-hybridized carbons (Fsp3) is 0.350. The number of halogens is 1. The molecule has 0 aromatic heterocycles. The maximum atomic E-state index is 13.6. The van der Waals surface area contributed by atoms with Crippen molar-refractivity contribution in [2.24, 2.45) is 0 Å². The number of nitrogens with one attached hydrogen (secondary N) is 1. The van der Waals surface area contributed by atoms with E-state index >= 15 is 0 Å². The van der Waals surface area contributed by atoms with Crippen LogP contribution in [-0.2, 0) is 4.79 Å². The molecule has 1 saturated heterocycles. The lowest BCUT2D eigenvalue weighted by atomic mass is 10.0. The van der Waals surface area contributed by atoms with E-state index in [9.17, 15) is 9.18 Å². The summed E-state index contributed by atoms with van der Waals surface area (Å²) in [6, 6.07) is 13.8. The molecular weight excluding hydrogens is 335 g/mol. The van der Waals surface area contributed by atoms with Gasteiger partial charge in [0, 0.05) is 25.2 Å². The van der Waals surface area contributed by atoms with Gasteiger partial charge in [-0.05, 0) is 18.2 Å². The van der Waals surface area contributed by atoms with E-state index < -0.39 is 5.82 Å². The zero-order chi connectivity index (χ0) is 18.4. The largest absolute Gasteiger partial charge is 0.496 e. The number of benzene rings is 2. The number of ether oxygens (including phenoxy) is 2. The summed E-state index contributed by atoms with van der Waals surface area (Å²) in [6.45, 7) is 2.16. The molecule has 0 radical (unpaired) electrons. The normalized spacial score (nSPS) is 17.0. The van der Waals surface area contributed by atoms with Gasteiger partial charge in [0.25, 0.3) is 0 Å². The maximum Gasteiger partial charge on any atom is 0.226 e. The zero-order valence-electron chi connectivity index (χ0n) is 14.8. The number of piperazine rings is 1. The predicted molar refractivity (Wildman–Crippen MR) is 96.8 cm³/mol. The third-order valence-electron chi connectivity index (χ3n) is 4.47. The van der Waals surface area contributed by atoms with Crippen molar-refractivity contribution in [3.05, 3.63) is 59.9 Å². The minimum Gasteiger partial charge on any atom is -0.496 e. The second-order valence-corrected chi connectivity index (χ2v) is 6.08. The summed E-state index contributed by atoms with van der Waals surface area (Å²) in [7, 11) is 1.63. The van der Waals surface area contributed by atoms with Gasteiger partial charge >= 0.3 is 0 Å². The van der Waals surface area contributed by atoms with E-state index in [0.29, 0.717) is 13.1 Å². The topological polar surface area (TPSA) is 50.8 Å². The number of amides is 1. The molecule has 1 atom stereocenters. The van der Waals surface area contributed by atoms with Crippen LogP contribution in [0.25, 0.3) is 0 Å². The first-order valence-corrected chi connectivity index (χ1v) is 8.71. The van der Waals surface area contributed by atoms with Gasteiger partial charge in [-0.25, -0.2) is 4.39 Å². The first-order chi connectivity index (χ1) is 12.7. The van der Waals surface area contributed by atoms with Crippen LogP contribution in [-0.4, -0.2) is 44.2 Å². The van der Waals surface area contributed by atoms with Gasteiger partial charge in [0.05, 0.1) is 26.2 Å². The van der Waals surface area contributed by atoms with Crippen molar-refractivity contribution in [2.45, 2.75) is 12.5 Å². The van der Waals surface area contributed by atoms with Crippen LogP contribution >= 0.6 is 0 Å². The van der Waals surface area contributed by atoms with Crippen molar-refractivity contribution >= 4 is 5.91 Å². The Morgan fingerprint density at radius 2 is 1.92 bits per heavy atom. The second-order valence-electron chi connectivity index (χ2n) is 6.08. The lowest BCUT2D eigenvalue weighted by molar-refractivity contribution is -0.135. The van der Waals surface area contributed by atoms with Crippen LogP contribution in [0.15, 0.2) is 48.5 Å². The van der Waals surface area contributed by atoms with Crippen molar-refractivity contribution < 1.29 is 18.7 Å². The number of para-hydroxylation sites is 2. The molecule has 1 heterocycles. The highest BCUT2D eigenvalue weighted by molar-refractivity contribution is 5.77. The molecule has 1 N–H and O–H groups in total. The molecule has 5 nitrogen and oxygen atoms in total. The molecule has 0 saturated carbocycles. The molecule has 0 bridgehead atoms. The van der Waals surface area contributed by atoms with E-state index in [1.807, 2.05) is 29.2 Å². The number of nitrogens with zero attached hydrogens (tertiary/aromatic N) is 1. The van der Waals surface area contributed by atoms with Crippen LogP contribution in [0, 0.1) is 5.82 Å². The predicted octanol–water partition coefficient (Wildman–Crippen LogP) is 2.78. The van der Waals surface area contributed by atoms with Gasteiger partial charge in [-0.15, -0.1) is 0 Å². The summed E-state index contributed by atoms with van der Waals surface area (Å²) in [5.74, 6) is 0.497. The molecular formula is C20H23FN2O3. The molecule has 0 spiro atoms. The zero-order valence-corrected chi connectivity index (χ0v) is 14.8. The Morgan fingerprint density at radius 3 is 2.69 bits per heavy atom. The van der Waals surface area contributed by atoms with E-state index in [1.54, 1.807) is 25.3 Å². The highest BCUT2D eigenvalue weighted by Crippen LogP contribution is 2.30. The van der Waals surface area contributed by atoms with Crippen molar-refractivity contribution in [3.8, 4) is 11.5 Å². The van der Waals surface area contributed by atoms with E-state index in [-0.39, 0.29) is 30.7 Å². The van der Waals surface area contributed by atoms with Crippen LogP contribution in [0.3, 0.4) is 0 Å². The highest BCUT2D eigenvalue weighted by Gasteiger charge is 2.29. The summed E-state index contributed by atoms with van der Waals surface area (Å²) >= 11 is 0. The van der Waals surface area contributed by atoms with Gasteiger partial charge < -0.3 is 19.7 Å². The maximum absolute atomic E-state index is 13.6. The first-order valence-electron chi connectivity index (χ1n) is 8.71. The standard InChI is InChI=1S/C20H23FN2O3/c1-25-18-8-4-2-6-15(18)17-14-22-11-12-23(17)20(24)10-13-26-19-9-5-3-7-16(19)21/h2-9,17,22H,10-14H2,1H3. The Labute approximate surface area is 152 Å². The number of hydrogen-bond donors (Lipinski definition) is 1. The summed E-state index contributed by atoms with van der Waals surface area (Å²) in [6.07, 6.45) is 0.194. The number of carbonyl (C=O) groups is 1. The molecule has 6 heteroatoms. The Hall–Kier alpha value is -2.60. The van der Waals surface area contributed by atoms with Crippen molar-refractivity contribution in [3.63, 3.8) is 0 Å². The summed E-state index contributed by atoms with van der Waals surface area (Å²) in [5.41, 5.74) is 0.977. The fourth-order valence-corrected chi connectivity index (χ4v) is 3.18. The van der Waals surface area contributed by atoms with Gasteiger partial charge in [0.15, 0.2) is 11.6 Å². The highest BCUT2D eigenvalue weighted by atomic mass is 19.1. The minimum absolute atomic E-state index is 0.0151. The van der Waals surface area contributed by atoms with E-state index in [4.69, 9.17) is 9.47 Å².